The van der Waals surface area contributed by atoms with Gasteiger partial charge in [0.2, 0.25) is 0 Å². The predicted octanol–water partition coefficient (Wildman–Crippen LogP) is 4.04. The van der Waals surface area contributed by atoms with Crippen LogP contribution < -0.4 is 15.0 Å². The van der Waals surface area contributed by atoms with Crippen molar-refractivity contribution in [3.8, 4) is 5.75 Å². The number of nitrogens with zero attached hydrogens (tertiary/aromatic N) is 3. The second-order valence-corrected chi connectivity index (χ2v) is 8.74. The normalized spacial score (nSPS) is 13.6. The lowest BCUT2D eigenvalue weighted by atomic mass is 10.1. The Morgan fingerprint density at radius 1 is 1.00 bits per heavy atom. The van der Waals surface area contributed by atoms with E-state index in [1.165, 1.54) is 0 Å². The number of rotatable bonds is 6. The van der Waals surface area contributed by atoms with E-state index >= 15 is 0 Å². The zero-order valence-corrected chi connectivity index (χ0v) is 20.4. The Morgan fingerprint density at radius 3 is 2.47 bits per heavy atom. The highest BCUT2D eigenvalue weighted by Gasteiger charge is 2.28. The Labute approximate surface area is 209 Å². The molecule has 184 valence electrons. The summed E-state index contributed by atoms with van der Waals surface area (Å²) in [5, 5.41) is 3.93. The number of carbonyl (C=O) groups excluding carboxylic acids is 2. The lowest BCUT2D eigenvalue weighted by molar-refractivity contribution is 0.0715. The first-order valence-corrected chi connectivity index (χ1v) is 11.9. The lowest BCUT2D eigenvalue weighted by Crippen LogP contribution is -2.49. The Morgan fingerprint density at radius 2 is 1.75 bits per heavy atom. The number of hydrogen-bond acceptors (Lipinski definition) is 6. The third-order valence-electron chi connectivity index (χ3n) is 6.55. The van der Waals surface area contributed by atoms with Crippen LogP contribution in [0.25, 0.3) is 11.0 Å². The second-order valence-electron chi connectivity index (χ2n) is 8.74. The fourth-order valence-corrected chi connectivity index (χ4v) is 4.49. The zero-order chi connectivity index (χ0) is 25.1. The number of amides is 2. The maximum absolute atomic E-state index is 13.2. The number of aryl methyl sites for hydroxylation is 1. The predicted molar refractivity (Wildman–Crippen MR) is 137 cm³/mol. The van der Waals surface area contributed by atoms with Gasteiger partial charge in [-0.15, -0.1) is 0 Å². The molecule has 5 rings (SSSR count). The number of pyridine rings is 1. The average molecular weight is 485 g/mol. The van der Waals surface area contributed by atoms with Crippen LogP contribution in [-0.2, 0) is 6.54 Å². The fourth-order valence-electron chi connectivity index (χ4n) is 4.49. The maximum Gasteiger partial charge on any atom is 0.290 e. The van der Waals surface area contributed by atoms with E-state index in [1.807, 2.05) is 55.5 Å². The first-order chi connectivity index (χ1) is 17.5. The van der Waals surface area contributed by atoms with Gasteiger partial charge in [-0.25, -0.2) is 4.98 Å². The maximum atomic E-state index is 13.2. The molecular weight excluding hydrogens is 456 g/mol. The van der Waals surface area contributed by atoms with Crippen molar-refractivity contribution in [3.05, 3.63) is 89.3 Å². The zero-order valence-electron chi connectivity index (χ0n) is 20.4. The molecule has 0 unspecified atom stereocenters. The van der Waals surface area contributed by atoms with Gasteiger partial charge in [0, 0.05) is 49.9 Å². The van der Waals surface area contributed by atoms with E-state index in [4.69, 9.17) is 9.15 Å². The summed E-state index contributed by atoms with van der Waals surface area (Å²) in [4.78, 5) is 34.6. The first-order valence-electron chi connectivity index (χ1n) is 11.9. The largest absolute Gasteiger partial charge is 0.497 e. The van der Waals surface area contributed by atoms with E-state index in [9.17, 15) is 9.59 Å². The number of methoxy groups -OCH3 is 1. The molecule has 8 nitrogen and oxygen atoms in total. The van der Waals surface area contributed by atoms with Gasteiger partial charge in [0.25, 0.3) is 11.8 Å². The van der Waals surface area contributed by atoms with Crippen LogP contribution >= 0.6 is 0 Å². The number of piperazine rings is 1. The SMILES string of the molecule is COc1ccc(CNC(=O)c2cccnc2N2CCN(C(=O)c3oc4ccccc4c3C)CC2)cc1. The minimum atomic E-state index is -0.190. The molecule has 2 aromatic heterocycles. The number of benzene rings is 2. The quantitative estimate of drug-likeness (QED) is 0.445. The Balaban J connectivity index is 1.24. The van der Waals surface area contributed by atoms with Gasteiger partial charge in [-0.3, -0.25) is 9.59 Å². The molecule has 1 N–H and O–H groups in total. The van der Waals surface area contributed by atoms with E-state index in [2.05, 4.69) is 15.2 Å². The van der Waals surface area contributed by atoms with E-state index in [0.717, 1.165) is 27.8 Å². The van der Waals surface area contributed by atoms with Gasteiger partial charge < -0.3 is 24.3 Å². The molecule has 4 aromatic rings. The smallest absolute Gasteiger partial charge is 0.290 e. The second kappa shape index (κ2) is 10.1. The number of para-hydroxylation sites is 1. The van der Waals surface area contributed by atoms with Crippen LogP contribution in [0, 0.1) is 6.92 Å². The summed E-state index contributed by atoms with van der Waals surface area (Å²) in [6.07, 6.45) is 1.69. The summed E-state index contributed by atoms with van der Waals surface area (Å²) >= 11 is 0. The summed E-state index contributed by atoms with van der Waals surface area (Å²) in [5.41, 5.74) is 3.07. The van der Waals surface area contributed by atoms with Gasteiger partial charge in [0.15, 0.2) is 5.76 Å². The van der Waals surface area contributed by atoms with E-state index < -0.39 is 0 Å². The number of ether oxygens (including phenoxy) is 1. The van der Waals surface area contributed by atoms with E-state index in [1.54, 1.807) is 30.3 Å². The standard InChI is InChI=1S/C28H28N4O4/c1-19-22-6-3-4-8-24(22)36-25(19)28(34)32-16-14-31(15-17-32)26-23(7-5-13-29-26)27(33)30-18-20-9-11-21(35-2)12-10-20/h3-13H,14-18H2,1-2H3,(H,30,33). The van der Waals surface area contributed by atoms with Gasteiger partial charge in [-0.1, -0.05) is 30.3 Å². The van der Waals surface area contributed by atoms with Crippen molar-refractivity contribution in [2.45, 2.75) is 13.5 Å². The molecule has 2 aromatic carbocycles. The van der Waals surface area contributed by atoms with E-state index in [0.29, 0.717) is 49.9 Å². The van der Waals surface area contributed by atoms with Crippen LogP contribution in [-0.4, -0.2) is 55.0 Å². The first kappa shape index (κ1) is 23.4. The molecule has 0 bridgehead atoms. The number of hydrogen-bond donors (Lipinski definition) is 1. The molecule has 36 heavy (non-hydrogen) atoms. The molecule has 1 saturated heterocycles. The number of carbonyl (C=O) groups is 2. The van der Waals surface area contributed by atoms with Gasteiger partial charge in [-0.05, 0) is 42.8 Å². The van der Waals surface area contributed by atoms with Gasteiger partial charge in [-0.2, -0.15) is 0 Å². The average Bonchev–Trinajstić information content (AvgIpc) is 3.28. The molecule has 1 aliphatic rings. The molecule has 2 amide bonds. The molecule has 1 aliphatic heterocycles. The number of nitrogens with one attached hydrogen (secondary N) is 1. The van der Waals surface area contributed by atoms with Crippen LogP contribution in [0.15, 0.2) is 71.3 Å². The molecule has 0 atom stereocenters. The summed E-state index contributed by atoms with van der Waals surface area (Å²) in [5.74, 6) is 1.48. The monoisotopic (exact) mass is 484 g/mol. The minimum Gasteiger partial charge on any atom is -0.497 e. The topological polar surface area (TPSA) is 87.9 Å². The highest BCUT2D eigenvalue weighted by Crippen LogP contribution is 2.27. The lowest BCUT2D eigenvalue weighted by Gasteiger charge is -2.35. The number of aromatic nitrogens is 1. The van der Waals surface area contributed by atoms with Crippen molar-refractivity contribution in [1.82, 2.24) is 15.2 Å². The summed E-state index contributed by atoms with van der Waals surface area (Å²) in [7, 11) is 1.62. The van der Waals surface area contributed by atoms with Crippen molar-refractivity contribution < 1.29 is 18.7 Å². The molecule has 0 saturated carbocycles. The molecule has 0 radical (unpaired) electrons. The Bertz CT molecular complexity index is 1390. The minimum absolute atomic E-state index is 0.109. The summed E-state index contributed by atoms with van der Waals surface area (Å²) in [6.45, 7) is 4.48. The van der Waals surface area contributed by atoms with Crippen molar-refractivity contribution in [2.24, 2.45) is 0 Å². The summed E-state index contributed by atoms with van der Waals surface area (Å²) in [6, 6.07) is 18.8. The third kappa shape index (κ3) is 4.62. The van der Waals surface area contributed by atoms with Crippen molar-refractivity contribution in [2.75, 3.05) is 38.2 Å². The van der Waals surface area contributed by atoms with Crippen LogP contribution in [0.1, 0.15) is 32.0 Å². The van der Waals surface area contributed by atoms with Crippen LogP contribution in [0.2, 0.25) is 0 Å². The Kier molecular flexibility index (Phi) is 6.58. The number of anilines is 1. The van der Waals surface area contributed by atoms with E-state index in [-0.39, 0.29) is 11.8 Å². The number of fused-ring (bicyclic) bond motifs is 1. The molecule has 3 heterocycles. The van der Waals surface area contributed by atoms with Crippen molar-refractivity contribution >= 4 is 28.6 Å². The number of furan rings is 1. The van der Waals surface area contributed by atoms with Crippen molar-refractivity contribution in [3.63, 3.8) is 0 Å². The molecule has 8 heteroatoms. The third-order valence-corrected chi connectivity index (χ3v) is 6.55. The van der Waals surface area contributed by atoms with Crippen LogP contribution in [0.3, 0.4) is 0 Å². The molecular formula is C28H28N4O4. The molecule has 0 spiro atoms. The van der Waals surface area contributed by atoms with Gasteiger partial charge in [0.1, 0.15) is 17.2 Å². The van der Waals surface area contributed by atoms with Crippen molar-refractivity contribution in [1.29, 1.82) is 0 Å². The summed E-state index contributed by atoms with van der Waals surface area (Å²) < 4.78 is 11.1. The highest BCUT2D eigenvalue weighted by atomic mass is 16.5. The highest BCUT2D eigenvalue weighted by molar-refractivity contribution is 6.00. The molecule has 1 fully saturated rings. The molecule has 0 aliphatic carbocycles. The van der Waals surface area contributed by atoms with Crippen LogP contribution in [0.5, 0.6) is 5.75 Å². The van der Waals surface area contributed by atoms with Crippen LogP contribution in [0.4, 0.5) is 5.82 Å². The Hall–Kier alpha value is -4.33. The van der Waals surface area contributed by atoms with Gasteiger partial charge >= 0.3 is 0 Å². The van der Waals surface area contributed by atoms with Gasteiger partial charge in [0.05, 0.1) is 12.7 Å². The fraction of sp³-hybridized carbons (Fsp3) is 0.250.